The predicted molar refractivity (Wildman–Crippen MR) is 169 cm³/mol. The molecule has 0 aliphatic carbocycles. The van der Waals surface area contributed by atoms with E-state index in [-0.39, 0.29) is 18.2 Å². The number of nitrogens with zero attached hydrogens (tertiary/aromatic N) is 4. The minimum atomic E-state index is -0.409. The van der Waals surface area contributed by atoms with Crippen LogP contribution in [-0.2, 0) is 0 Å². The zero-order valence-corrected chi connectivity index (χ0v) is 26.1. The Morgan fingerprint density at radius 1 is 0.929 bits per heavy atom. The molecule has 0 N–H and O–H groups in total. The molecule has 2 amide bonds. The number of amides is 2. The number of carbonyl (C=O) groups excluding carboxylic acids is 1. The van der Waals surface area contributed by atoms with Gasteiger partial charge in [-0.15, -0.1) is 0 Å². The van der Waals surface area contributed by atoms with Crippen molar-refractivity contribution in [2.45, 2.75) is 45.4 Å². The fraction of sp³-hybridized carbons (Fsp3) is 0.394. The minimum absolute atomic E-state index is 0.0763. The van der Waals surface area contributed by atoms with Crippen LogP contribution in [-0.4, -0.2) is 72.5 Å². The van der Waals surface area contributed by atoms with Crippen LogP contribution in [0.1, 0.15) is 56.0 Å². The Balaban J connectivity index is 1.65. The SMILES string of the molecule is CCCN1CCN(C(=O)N2C(c3ccc(OC)cc3OC(C)C)=N[C@@H](c3ccc(Cl)cc3)[C@H]2c2ccc(Cl)cc2)CC1. The van der Waals surface area contributed by atoms with E-state index < -0.39 is 6.04 Å². The van der Waals surface area contributed by atoms with E-state index in [4.69, 9.17) is 37.7 Å². The van der Waals surface area contributed by atoms with Crippen molar-refractivity contribution in [1.82, 2.24) is 14.7 Å². The van der Waals surface area contributed by atoms with E-state index in [1.807, 2.05) is 90.4 Å². The molecular formula is C33H38Cl2N4O3. The molecule has 7 nitrogen and oxygen atoms in total. The molecule has 2 atom stereocenters. The Kier molecular flexibility index (Phi) is 9.61. The van der Waals surface area contributed by atoms with E-state index in [0.717, 1.165) is 42.7 Å². The van der Waals surface area contributed by atoms with Crippen molar-refractivity contribution in [2.75, 3.05) is 39.8 Å². The Morgan fingerprint density at radius 2 is 1.55 bits per heavy atom. The van der Waals surface area contributed by atoms with Crippen molar-refractivity contribution in [1.29, 1.82) is 0 Å². The second kappa shape index (κ2) is 13.4. The number of benzene rings is 3. The van der Waals surface area contributed by atoms with Crippen LogP contribution in [0.25, 0.3) is 0 Å². The van der Waals surface area contributed by atoms with Crippen molar-refractivity contribution >= 4 is 35.1 Å². The summed E-state index contributed by atoms with van der Waals surface area (Å²) in [7, 11) is 1.63. The molecule has 0 radical (unpaired) electrons. The van der Waals surface area contributed by atoms with Gasteiger partial charge in [0.25, 0.3) is 0 Å². The second-order valence-corrected chi connectivity index (χ2v) is 11.8. The first kappa shape index (κ1) is 30.2. The van der Waals surface area contributed by atoms with Crippen LogP contribution in [0.2, 0.25) is 10.0 Å². The quantitative estimate of drug-likeness (QED) is 0.266. The maximum Gasteiger partial charge on any atom is 0.326 e. The molecule has 42 heavy (non-hydrogen) atoms. The third kappa shape index (κ3) is 6.54. The molecule has 9 heteroatoms. The molecule has 2 aliphatic rings. The van der Waals surface area contributed by atoms with Crippen LogP contribution >= 0.6 is 23.2 Å². The fourth-order valence-corrected chi connectivity index (χ4v) is 5.90. The summed E-state index contributed by atoms with van der Waals surface area (Å²) in [4.78, 5) is 26.1. The highest BCUT2D eigenvalue weighted by atomic mass is 35.5. The van der Waals surface area contributed by atoms with E-state index in [1.54, 1.807) is 7.11 Å². The van der Waals surface area contributed by atoms with Crippen LogP contribution in [0.3, 0.4) is 0 Å². The van der Waals surface area contributed by atoms with E-state index in [2.05, 4.69) is 11.8 Å². The lowest BCUT2D eigenvalue weighted by molar-refractivity contribution is 0.119. The number of piperazine rings is 1. The number of methoxy groups -OCH3 is 1. The molecule has 0 aromatic heterocycles. The van der Waals surface area contributed by atoms with Crippen LogP contribution in [0.5, 0.6) is 11.5 Å². The van der Waals surface area contributed by atoms with E-state index in [9.17, 15) is 4.79 Å². The van der Waals surface area contributed by atoms with Gasteiger partial charge in [-0.25, -0.2) is 4.79 Å². The normalized spacial score (nSPS) is 19.3. The summed E-state index contributed by atoms with van der Waals surface area (Å²) in [6.45, 7) is 10.2. The van der Waals surface area contributed by atoms with Gasteiger partial charge in [-0.3, -0.25) is 14.8 Å². The molecule has 0 unspecified atom stereocenters. The van der Waals surface area contributed by atoms with Crippen molar-refractivity contribution < 1.29 is 14.3 Å². The van der Waals surface area contributed by atoms with Gasteiger partial charge >= 0.3 is 6.03 Å². The lowest BCUT2D eigenvalue weighted by Crippen LogP contribution is -2.54. The van der Waals surface area contributed by atoms with Crippen molar-refractivity contribution in [3.05, 3.63) is 93.5 Å². The minimum Gasteiger partial charge on any atom is -0.497 e. The average molecular weight is 610 g/mol. The van der Waals surface area contributed by atoms with E-state index >= 15 is 0 Å². The molecule has 5 rings (SSSR count). The van der Waals surface area contributed by atoms with Gasteiger partial charge in [0, 0.05) is 42.3 Å². The monoisotopic (exact) mass is 608 g/mol. The first-order valence-electron chi connectivity index (χ1n) is 14.5. The number of ether oxygens (including phenoxy) is 2. The van der Waals surface area contributed by atoms with Crippen LogP contribution in [0.4, 0.5) is 4.79 Å². The Bertz CT molecular complexity index is 1400. The summed E-state index contributed by atoms with van der Waals surface area (Å²) in [5.74, 6) is 1.84. The molecule has 1 fully saturated rings. The highest BCUT2D eigenvalue weighted by Gasteiger charge is 2.45. The van der Waals surface area contributed by atoms with E-state index in [0.29, 0.717) is 40.5 Å². The first-order chi connectivity index (χ1) is 20.3. The van der Waals surface area contributed by atoms with Gasteiger partial charge in [-0.1, -0.05) is 54.4 Å². The maximum atomic E-state index is 14.6. The number of carbonyl (C=O) groups is 1. The standard InChI is InChI=1S/C33H38Cl2N4O3/c1-5-16-37-17-19-38(20-18-37)33(40)39-31(24-8-12-26(35)13-9-24)30(23-6-10-25(34)11-7-23)36-32(39)28-15-14-27(41-4)21-29(28)42-22(2)3/h6-15,21-22,30-31H,5,16-20H2,1-4H3/t30-,31+/m0/s1. The Morgan fingerprint density at radius 3 is 2.12 bits per heavy atom. The summed E-state index contributed by atoms with van der Waals surface area (Å²) in [6, 6.07) is 20.2. The summed E-state index contributed by atoms with van der Waals surface area (Å²) >= 11 is 12.6. The number of hydrogen-bond donors (Lipinski definition) is 0. The number of urea groups is 1. The summed E-state index contributed by atoms with van der Waals surface area (Å²) < 4.78 is 11.8. The van der Waals surface area contributed by atoms with Gasteiger partial charge in [-0.05, 0) is 74.3 Å². The molecule has 0 saturated carbocycles. The average Bonchev–Trinajstić information content (AvgIpc) is 3.38. The number of rotatable bonds is 8. The van der Waals surface area contributed by atoms with Gasteiger partial charge < -0.3 is 14.4 Å². The van der Waals surface area contributed by atoms with E-state index in [1.165, 1.54) is 0 Å². The Hall–Kier alpha value is -3.26. The Labute approximate surface area is 258 Å². The fourth-order valence-electron chi connectivity index (χ4n) is 5.65. The third-order valence-electron chi connectivity index (χ3n) is 7.67. The molecule has 1 saturated heterocycles. The summed E-state index contributed by atoms with van der Waals surface area (Å²) in [5.41, 5.74) is 2.63. The second-order valence-electron chi connectivity index (χ2n) is 11.0. The zero-order valence-electron chi connectivity index (χ0n) is 24.6. The molecule has 0 spiro atoms. The van der Waals surface area contributed by atoms with Crippen molar-refractivity contribution in [3.63, 3.8) is 0 Å². The summed E-state index contributed by atoms with van der Waals surface area (Å²) in [6.07, 6.45) is 1.00. The largest absolute Gasteiger partial charge is 0.497 e. The molecular weight excluding hydrogens is 571 g/mol. The smallest absolute Gasteiger partial charge is 0.326 e. The first-order valence-corrected chi connectivity index (χ1v) is 15.3. The molecule has 2 aliphatic heterocycles. The number of amidine groups is 1. The van der Waals surface area contributed by atoms with Crippen molar-refractivity contribution in [3.8, 4) is 11.5 Å². The van der Waals surface area contributed by atoms with Crippen LogP contribution in [0.15, 0.2) is 71.7 Å². The molecule has 3 aromatic carbocycles. The van der Waals surface area contributed by atoms with Crippen LogP contribution in [0, 0.1) is 0 Å². The number of aliphatic imine (C=N–C) groups is 1. The van der Waals surface area contributed by atoms with Gasteiger partial charge in [0.2, 0.25) is 0 Å². The molecule has 2 heterocycles. The van der Waals surface area contributed by atoms with Gasteiger partial charge in [0.05, 0.1) is 24.8 Å². The number of halogens is 2. The maximum absolute atomic E-state index is 14.6. The lowest BCUT2D eigenvalue weighted by atomic mass is 9.93. The molecule has 0 bridgehead atoms. The van der Waals surface area contributed by atoms with Crippen LogP contribution < -0.4 is 9.47 Å². The highest BCUT2D eigenvalue weighted by Crippen LogP contribution is 2.46. The summed E-state index contributed by atoms with van der Waals surface area (Å²) in [5, 5.41) is 1.28. The van der Waals surface area contributed by atoms with Gasteiger partial charge in [-0.2, -0.15) is 0 Å². The molecule has 222 valence electrons. The zero-order chi connectivity index (χ0) is 29.8. The van der Waals surface area contributed by atoms with Gasteiger partial charge in [0.15, 0.2) is 0 Å². The lowest BCUT2D eigenvalue weighted by Gasteiger charge is -2.39. The van der Waals surface area contributed by atoms with Crippen molar-refractivity contribution in [2.24, 2.45) is 4.99 Å². The number of hydrogen-bond acceptors (Lipinski definition) is 5. The van der Waals surface area contributed by atoms with Gasteiger partial charge in [0.1, 0.15) is 23.4 Å². The third-order valence-corrected chi connectivity index (χ3v) is 8.17. The molecule has 3 aromatic rings. The topological polar surface area (TPSA) is 57.6 Å². The predicted octanol–water partition coefficient (Wildman–Crippen LogP) is 7.48. The highest BCUT2D eigenvalue weighted by molar-refractivity contribution is 6.30.